The van der Waals surface area contributed by atoms with Crippen molar-refractivity contribution < 1.29 is 31.1 Å². The molecule has 2 atom stereocenters. The second-order valence-corrected chi connectivity index (χ2v) is 10.2. The van der Waals surface area contributed by atoms with Gasteiger partial charge in [0.2, 0.25) is 21.4 Å². The van der Waals surface area contributed by atoms with E-state index in [0.29, 0.717) is 0 Å². The number of carbonyl (C=O) groups excluding carboxylic acids is 1. The summed E-state index contributed by atoms with van der Waals surface area (Å²) in [5.41, 5.74) is 0.942. The van der Waals surface area contributed by atoms with Crippen LogP contribution in [0.15, 0.2) is 94.4 Å². The second kappa shape index (κ2) is 8.92. The Bertz CT molecular complexity index is 1370. The number of ether oxygens (including phenoxy) is 1. The van der Waals surface area contributed by atoms with Crippen molar-refractivity contribution >= 4 is 27.2 Å². The lowest BCUT2D eigenvalue weighted by Crippen LogP contribution is -2.29. The molecule has 0 saturated carbocycles. The first-order valence-electron chi connectivity index (χ1n) is 10.1. The Morgan fingerprint density at radius 1 is 0.941 bits per heavy atom. The van der Waals surface area contributed by atoms with Crippen LogP contribution in [0.3, 0.4) is 0 Å². The third-order valence-corrected chi connectivity index (χ3v) is 7.60. The van der Waals surface area contributed by atoms with Gasteiger partial charge in [0.05, 0.1) is 10.8 Å². The van der Waals surface area contributed by atoms with Crippen molar-refractivity contribution in [1.29, 1.82) is 0 Å². The van der Waals surface area contributed by atoms with Crippen LogP contribution in [0.25, 0.3) is 0 Å². The molecule has 3 aromatic rings. The molecular weight excluding hydrogens is 489 g/mol. The molecule has 34 heavy (non-hydrogen) atoms. The van der Waals surface area contributed by atoms with Gasteiger partial charge in [-0.25, -0.2) is 8.42 Å². The maximum absolute atomic E-state index is 14.1. The summed E-state index contributed by atoms with van der Waals surface area (Å²) in [5, 5.41) is 0.177. The number of carbonyl (C=O) groups is 1. The average Bonchev–Trinajstić information content (AvgIpc) is 3.22. The number of hydrogen-bond acceptors (Lipinski definition) is 4. The van der Waals surface area contributed by atoms with E-state index in [1.54, 1.807) is 25.1 Å². The van der Waals surface area contributed by atoms with Crippen molar-refractivity contribution in [2.75, 3.05) is 0 Å². The fraction of sp³-hybridized carbons (Fsp3) is 0.160. The normalized spacial score (nSPS) is 18.6. The number of rotatable bonds is 5. The Morgan fingerprint density at radius 3 is 2.18 bits per heavy atom. The fourth-order valence-corrected chi connectivity index (χ4v) is 5.82. The highest BCUT2D eigenvalue weighted by atomic mass is 35.5. The molecule has 4 nitrogen and oxygen atoms in total. The zero-order chi connectivity index (χ0) is 24.7. The molecule has 0 amide bonds. The quantitative estimate of drug-likeness (QED) is 0.383. The van der Waals surface area contributed by atoms with Gasteiger partial charge in [0, 0.05) is 10.6 Å². The Balaban J connectivity index is 1.97. The zero-order valence-electron chi connectivity index (χ0n) is 17.7. The molecule has 1 aliphatic heterocycles. The smallest absolute Gasteiger partial charge is 0.450 e. The maximum atomic E-state index is 14.1. The van der Waals surface area contributed by atoms with Crippen molar-refractivity contribution in [3.8, 4) is 0 Å². The Labute approximate surface area is 199 Å². The SMILES string of the molecule is Cc1ccc(S(=O)(=O)C2=C(C(F)(F)F)O[C@@H](C(=O)c3ccccc3)[C@@H]2c2cccc(Cl)c2)cc1. The van der Waals surface area contributed by atoms with Gasteiger partial charge in [-0.2, -0.15) is 13.2 Å². The van der Waals surface area contributed by atoms with Gasteiger partial charge in [-0.1, -0.05) is 71.8 Å². The number of sulfone groups is 1. The number of ketones is 1. The maximum Gasteiger partial charge on any atom is 0.450 e. The molecule has 0 fully saturated rings. The summed E-state index contributed by atoms with van der Waals surface area (Å²) in [7, 11) is -4.71. The summed E-state index contributed by atoms with van der Waals surface area (Å²) in [4.78, 5) is 11.9. The summed E-state index contributed by atoms with van der Waals surface area (Å²) in [6.07, 6.45) is -6.91. The highest BCUT2D eigenvalue weighted by molar-refractivity contribution is 7.95. The van der Waals surface area contributed by atoms with E-state index in [0.717, 1.165) is 5.56 Å². The lowest BCUT2D eigenvalue weighted by molar-refractivity contribution is -0.131. The number of aryl methyl sites for hydroxylation is 1. The molecule has 0 bridgehead atoms. The van der Waals surface area contributed by atoms with Crippen molar-refractivity contribution in [2.45, 2.75) is 30.0 Å². The van der Waals surface area contributed by atoms with Gasteiger partial charge in [0.25, 0.3) is 0 Å². The zero-order valence-corrected chi connectivity index (χ0v) is 19.3. The van der Waals surface area contributed by atoms with E-state index in [2.05, 4.69) is 0 Å². The van der Waals surface area contributed by atoms with E-state index in [4.69, 9.17) is 16.3 Å². The summed E-state index contributed by atoms with van der Waals surface area (Å²) >= 11 is 6.08. The molecular formula is C25H18ClF3O4S. The van der Waals surface area contributed by atoms with Crippen LogP contribution in [-0.2, 0) is 14.6 Å². The largest absolute Gasteiger partial charge is 0.475 e. The molecule has 0 unspecified atom stereocenters. The number of Topliss-reactive ketones (excluding diaryl/α,β-unsaturated/α-hetero) is 1. The number of benzene rings is 3. The number of alkyl halides is 3. The highest BCUT2D eigenvalue weighted by Gasteiger charge is 2.55. The van der Waals surface area contributed by atoms with Gasteiger partial charge in [-0.05, 0) is 36.8 Å². The summed E-state index contributed by atoms with van der Waals surface area (Å²) < 4.78 is 74.8. The molecule has 0 aromatic heterocycles. The first kappa shape index (κ1) is 24.0. The Morgan fingerprint density at radius 2 is 1.59 bits per heavy atom. The molecule has 1 aliphatic rings. The third kappa shape index (κ3) is 4.48. The molecule has 176 valence electrons. The van der Waals surface area contributed by atoms with E-state index in [-0.39, 0.29) is 21.0 Å². The van der Waals surface area contributed by atoms with E-state index >= 15 is 0 Å². The standard InChI is InChI=1S/C25H18ClF3O4S/c1-15-10-12-19(13-11-15)34(31,32)23-20(17-8-5-9-18(26)14-17)22(33-24(23)25(27,28)29)21(30)16-6-3-2-4-7-16/h2-14,20,22H,1H3/t20-,22+/m0/s1. The minimum atomic E-state index is -5.16. The first-order valence-corrected chi connectivity index (χ1v) is 12.0. The van der Waals surface area contributed by atoms with Gasteiger partial charge in [0.1, 0.15) is 4.91 Å². The summed E-state index contributed by atoms with van der Waals surface area (Å²) in [6, 6.07) is 18.8. The molecule has 0 N–H and O–H groups in total. The van der Waals surface area contributed by atoms with E-state index in [1.807, 2.05) is 0 Å². The molecule has 3 aromatic carbocycles. The minimum absolute atomic E-state index is 0.0926. The predicted octanol–water partition coefficient (Wildman–Crippen LogP) is 6.26. The summed E-state index contributed by atoms with van der Waals surface area (Å²) in [5.74, 6) is -4.04. The van der Waals surface area contributed by atoms with E-state index < -0.39 is 44.5 Å². The molecule has 1 heterocycles. The van der Waals surface area contributed by atoms with Crippen LogP contribution < -0.4 is 0 Å². The summed E-state index contributed by atoms with van der Waals surface area (Å²) in [6.45, 7) is 1.72. The molecule has 0 spiro atoms. The first-order chi connectivity index (χ1) is 16.0. The van der Waals surface area contributed by atoms with Gasteiger partial charge >= 0.3 is 6.18 Å². The van der Waals surface area contributed by atoms with Crippen LogP contribution in [-0.4, -0.2) is 26.5 Å². The lowest BCUT2D eigenvalue weighted by Gasteiger charge is -2.21. The van der Waals surface area contributed by atoms with Crippen LogP contribution in [0.4, 0.5) is 13.2 Å². The molecule has 0 aliphatic carbocycles. The highest BCUT2D eigenvalue weighted by Crippen LogP contribution is 2.50. The average molecular weight is 507 g/mol. The van der Waals surface area contributed by atoms with Gasteiger partial charge in [-0.15, -0.1) is 0 Å². The predicted molar refractivity (Wildman–Crippen MR) is 121 cm³/mol. The Hall–Kier alpha value is -3.10. The lowest BCUT2D eigenvalue weighted by atomic mass is 9.89. The second-order valence-electron chi connectivity index (χ2n) is 7.81. The van der Waals surface area contributed by atoms with Crippen LogP contribution in [0.5, 0.6) is 0 Å². The van der Waals surface area contributed by atoms with Crippen LogP contribution in [0.2, 0.25) is 5.02 Å². The molecule has 0 saturated heterocycles. The number of halogens is 4. The van der Waals surface area contributed by atoms with Crippen LogP contribution in [0, 0.1) is 6.92 Å². The molecule has 9 heteroatoms. The van der Waals surface area contributed by atoms with E-state index in [1.165, 1.54) is 60.7 Å². The van der Waals surface area contributed by atoms with Crippen LogP contribution >= 0.6 is 11.6 Å². The Kier molecular flexibility index (Phi) is 6.31. The third-order valence-electron chi connectivity index (χ3n) is 5.46. The molecule has 4 rings (SSSR count). The van der Waals surface area contributed by atoms with Gasteiger partial charge in [0.15, 0.2) is 6.10 Å². The van der Waals surface area contributed by atoms with Crippen molar-refractivity contribution in [1.82, 2.24) is 0 Å². The van der Waals surface area contributed by atoms with Crippen LogP contribution in [0.1, 0.15) is 27.4 Å². The van der Waals surface area contributed by atoms with Crippen molar-refractivity contribution in [3.05, 3.63) is 111 Å². The monoisotopic (exact) mass is 506 g/mol. The number of allylic oxidation sites excluding steroid dienone is 1. The van der Waals surface area contributed by atoms with E-state index in [9.17, 15) is 26.4 Å². The topological polar surface area (TPSA) is 60.4 Å². The molecule has 0 radical (unpaired) electrons. The number of hydrogen-bond donors (Lipinski definition) is 0. The fourth-order valence-electron chi connectivity index (χ4n) is 3.87. The van der Waals surface area contributed by atoms with Gasteiger partial charge < -0.3 is 4.74 Å². The van der Waals surface area contributed by atoms with Crippen molar-refractivity contribution in [2.24, 2.45) is 0 Å². The van der Waals surface area contributed by atoms with Crippen molar-refractivity contribution in [3.63, 3.8) is 0 Å². The van der Waals surface area contributed by atoms with Gasteiger partial charge in [-0.3, -0.25) is 4.79 Å². The minimum Gasteiger partial charge on any atom is -0.475 e.